The molecule has 4 nitrogen and oxygen atoms in total. The second-order valence-corrected chi connectivity index (χ2v) is 4.59. The molecule has 7 heteroatoms. The Hall–Kier alpha value is -2.20. The van der Waals surface area contributed by atoms with Crippen LogP contribution in [0.2, 0.25) is 0 Å². The molecule has 0 atom stereocenters. The van der Waals surface area contributed by atoms with Crippen LogP contribution in [-0.2, 0) is 0 Å². The van der Waals surface area contributed by atoms with Gasteiger partial charge in [-0.3, -0.25) is 4.79 Å². The molecule has 0 radical (unpaired) electrons. The number of H-pyrrole nitrogens is 1. The van der Waals surface area contributed by atoms with Crippen LogP contribution in [0.5, 0.6) is 0 Å². The smallest absolute Gasteiger partial charge is 0.270 e. The number of hydrogen-bond acceptors (Lipinski definition) is 4. The third-order valence-electron chi connectivity index (χ3n) is 2.65. The number of nitriles is 1. The first-order valence-electron chi connectivity index (χ1n) is 5.54. The van der Waals surface area contributed by atoms with Crippen LogP contribution in [-0.4, -0.2) is 16.2 Å². The highest BCUT2D eigenvalue weighted by Crippen LogP contribution is 2.31. The summed E-state index contributed by atoms with van der Waals surface area (Å²) in [7, 11) is 0. The highest BCUT2D eigenvalue weighted by Gasteiger charge is 2.19. The molecule has 2 rings (SSSR count). The molecule has 0 unspecified atom stereocenters. The van der Waals surface area contributed by atoms with Crippen molar-refractivity contribution in [3.63, 3.8) is 0 Å². The Morgan fingerprint density at radius 3 is 2.70 bits per heavy atom. The van der Waals surface area contributed by atoms with E-state index in [2.05, 4.69) is 9.97 Å². The molecule has 102 valence electrons. The zero-order chi connectivity index (χ0) is 14.7. The Labute approximate surface area is 117 Å². The number of thioether (sulfide) groups is 1. The topological polar surface area (TPSA) is 69.5 Å². The number of nitrogens with zero attached hydrogens (tertiary/aromatic N) is 2. The molecule has 2 aromatic rings. The molecule has 0 saturated heterocycles. The number of hydrogen-bond donors (Lipinski definition) is 1. The molecule has 1 aromatic carbocycles. The maximum absolute atomic E-state index is 13.0. The van der Waals surface area contributed by atoms with Crippen LogP contribution in [0.25, 0.3) is 11.3 Å². The molecule has 0 fully saturated rings. The van der Waals surface area contributed by atoms with Gasteiger partial charge in [-0.1, -0.05) is 36.0 Å². The summed E-state index contributed by atoms with van der Waals surface area (Å²) in [5, 5.41) is 9.32. The van der Waals surface area contributed by atoms with Gasteiger partial charge in [0.1, 0.15) is 11.6 Å². The molecule has 0 saturated carbocycles. The van der Waals surface area contributed by atoms with Gasteiger partial charge in [0.25, 0.3) is 12.0 Å². The van der Waals surface area contributed by atoms with E-state index in [0.29, 0.717) is 0 Å². The Kier molecular flexibility index (Phi) is 4.15. The van der Waals surface area contributed by atoms with E-state index in [0.717, 1.165) is 11.8 Å². The molecular formula is C13H9F2N3OS. The van der Waals surface area contributed by atoms with Gasteiger partial charge in [0, 0.05) is 11.1 Å². The Morgan fingerprint density at radius 2 is 2.10 bits per heavy atom. The van der Waals surface area contributed by atoms with Crippen molar-refractivity contribution in [3.8, 4) is 17.3 Å². The lowest BCUT2D eigenvalue weighted by Gasteiger charge is -2.10. The predicted molar refractivity (Wildman–Crippen MR) is 71.7 cm³/mol. The van der Waals surface area contributed by atoms with Crippen LogP contribution in [0.1, 0.15) is 17.6 Å². The molecule has 1 N–H and O–H groups in total. The van der Waals surface area contributed by atoms with E-state index in [1.54, 1.807) is 18.4 Å². The molecule has 1 aromatic heterocycles. The maximum atomic E-state index is 13.0. The first kappa shape index (κ1) is 14.2. The zero-order valence-corrected chi connectivity index (χ0v) is 11.2. The standard InChI is InChI=1S/C13H9F2N3OS/c1-20-13-17-10(9(6-16)12(19)18-13)7-4-2-3-5-8(7)11(14)15/h2-5,11H,1H3,(H,17,18,19). The summed E-state index contributed by atoms with van der Waals surface area (Å²) in [6.07, 6.45) is -1.02. The number of alkyl halides is 2. The van der Waals surface area contributed by atoms with E-state index >= 15 is 0 Å². The van der Waals surface area contributed by atoms with Crippen molar-refractivity contribution in [2.24, 2.45) is 0 Å². The molecule has 0 spiro atoms. The zero-order valence-electron chi connectivity index (χ0n) is 10.4. The summed E-state index contributed by atoms with van der Waals surface area (Å²) >= 11 is 1.16. The number of aromatic amines is 1. The van der Waals surface area contributed by atoms with Gasteiger partial charge in [-0.05, 0) is 6.26 Å². The number of rotatable bonds is 3. The van der Waals surface area contributed by atoms with Crippen LogP contribution in [0.4, 0.5) is 8.78 Å². The summed E-state index contributed by atoms with van der Waals surface area (Å²) in [6.45, 7) is 0. The SMILES string of the molecule is CSc1nc(-c2ccccc2C(F)F)c(C#N)c(=O)[nH]1. The molecule has 1 heterocycles. The first-order chi connectivity index (χ1) is 9.58. The minimum absolute atomic E-state index is 0.0171. The van der Waals surface area contributed by atoms with E-state index in [1.165, 1.54) is 18.2 Å². The van der Waals surface area contributed by atoms with Crippen molar-refractivity contribution >= 4 is 11.8 Å². The van der Waals surface area contributed by atoms with Crippen molar-refractivity contribution in [1.29, 1.82) is 5.26 Å². The van der Waals surface area contributed by atoms with Gasteiger partial charge in [-0.2, -0.15) is 5.26 Å². The highest BCUT2D eigenvalue weighted by molar-refractivity contribution is 7.98. The molecule has 20 heavy (non-hydrogen) atoms. The van der Waals surface area contributed by atoms with Gasteiger partial charge in [0.15, 0.2) is 5.16 Å². The minimum atomic E-state index is -2.71. The second kappa shape index (κ2) is 5.84. The average Bonchev–Trinajstić information content (AvgIpc) is 2.46. The number of benzene rings is 1. The van der Waals surface area contributed by atoms with Gasteiger partial charge >= 0.3 is 0 Å². The van der Waals surface area contributed by atoms with E-state index in [-0.39, 0.29) is 27.5 Å². The lowest BCUT2D eigenvalue weighted by Crippen LogP contribution is -2.15. The van der Waals surface area contributed by atoms with Crippen molar-refractivity contribution in [3.05, 3.63) is 45.7 Å². The van der Waals surface area contributed by atoms with E-state index in [1.807, 2.05) is 0 Å². The summed E-state index contributed by atoms with van der Waals surface area (Å²) < 4.78 is 26.1. The summed E-state index contributed by atoms with van der Waals surface area (Å²) in [5.74, 6) is 0. The van der Waals surface area contributed by atoms with Crippen LogP contribution in [0.3, 0.4) is 0 Å². The summed E-state index contributed by atoms with van der Waals surface area (Å²) in [6, 6.07) is 7.43. The Bertz CT molecular complexity index is 737. The highest BCUT2D eigenvalue weighted by atomic mass is 32.2. The Morgan fingerprint density at radius 1 is 1.40 bits per heavy atom. The van der Waals surface area contributed by atoms with Crippen molar-refractivity contribution < 1.29 is 8.78 Å². The fourth-order valence-electron chi connectivity index (χ4n) is 1.75. The summed E-state index contributed by atoms with van der Waals surface area (Å²) in [4.78, 5) is 18.3. The van der Waals surface area contributed by atoms with E-state index < -0.39 is 12.0 Å². The molecule has 0 aliphatic heterocycles. The molecule has 0 bridgehead atoms. The lowest BCUT2D eigenvalue weighted by atomic mass is 10.0. The largest absolute Gasteiger partial charge is 0.300 e. The Balaban J connectivity index is 2.79. The van der Waals surface area contributed by atoms with E-state index in [4.69, 9.17) is 5.26 Å². The maximum Gasteiger partial charge on any atom is 0.270 e. The second-order valence-electron chi connectivity index (χ2n) is 3.80. The number of aromatic nitrogens is 2. The number of halogens is 2. The third kappa shape index (κ3) is 2.56. The first-order valence-corrected chi connectivity index (χ1v) is 6.76. The third-order valence-corrected chi connectivity index (χ3v) is 3.23. The lowest BCUT2D eigenvalue weighted by molar-refractivity contribution is 0.152. The molecule has 0 aliphatic carbocycles. The van der Waals surface area contributed by atoms with Gasteiger partial charge in [-0.25, -0.2) is 13.8 Å². The van der Waals surface area contributed by atoms with Crippen LogP contribution >= 0.6 is 11.8 Å². The van der Waals surface area contributed by atoms with Crippen LogP contribution < -0.4 is 5.56 Å². The van der Waals surface area contributed by atoms with Gasteiger partial charge in [0.05, 0.1) is 5.69 Å². The predicted octanol–water partition coefficient (Wildman–Crippen LogP) is 2.97. The van der Waals surface area contributed by atoms with Gasteiger partial charge in [-0.15, -0.1) is 0 Å². The van der Waals surface area contributed by atoms with Crippen LogP contribution in [0, 0.1) is 11.3 Å². The molecule has 0 aliphatic rings. The fourth-order valence-corrected chi connectivity index (χ4v) is 2.13. The number of nitrogens with one attached hydrogen (secondary N) is 1. The summed E-state index contributed by atoms with van der Waals surface area (Å²) in [5.41, 5.74) is -1.08. The quantitative estimate of drug-likeness (QED) is 0.697. The normalized spacial score (nSPS) is 10.6. The van der Waals surface area contributed by atoms with Crippen molar-refractivity contribution in [2.45, 2.75) is 11.6 Å². The van der Waals surface area contributed by atoms with Crippen molar-refractivity contribution in [1.82, 2.24) is 9.97 Å². The van der Waals surface area contributed by atoms with E-state index in [9.17, 15) is 13.6 Å². The monoisotopic (exact) mass is 293 g/mol. The fraction of sp³-hybridized carbons (Fsp3) is 0.154. The van der Waals surface area contributed by atoms with Crippen LogP contribution in [0.15, 0.2) is 34.2 Å². The van der Waals surface area contributed by atoms with Crippen molar-refractivity contribution in [2.75, 3.05) is 6.26 Å². The molecular weight excluding hydrogens is 284 g/mol. The molecule has 0 amide bonds. The van der Waals surface area contributed by atoms with Gasteiger partial charge in [0.2, 0.25) is 0 Å². The minimum Gasteiger partial charge on any atom is -0.300 e. The van der Waals surface area contributed by atoms with Gasteiger partial charge < -0.3 is 4.98 Å². The average molecular weight is 293 g/mol.